The van der Waals surface area contributed by atoms with Crippen LogP contribution in [0.3, 0.4) is 0 Å². The first-order valence-corrected chi connectivity index (χ1v) is 5.36. The van der Waals surface area contributed by atoms with E-state index in [9.17, 15) is 0 Å². The highest BCUT2D eigenvalue weighted by Crippen LogP contribution is 2.24. The van der Waals surface area contributed by atoms with E-state index >= 15 is 0 Å². The molecule has 1 heterocycles. The predicted molar refractivity (Wildman–Crippen MR) is 58.8 cm³/mol. The molecule has 3 heteroatoms. The van der Waals surface area contributed by atoms with E-state index in [-0.39, 0.29) is 5.41 Å². The van der Waals surface area contributed by atoms with Crippen molar-refractivity contribution < 1.29 is 4.74 Å². The molecule has 1 rings (SSSR count). The SMILES string of the molecule is COCCC(C)(C)CN1CCCC1=N. The second kappa shape index (κ2) is 4.78. The molecule has 0 spiro atoms. The minimum absolute atomic E-state index is 0.257. The third-order valence-electron chi connectivity index (χ3n) is 2.83. The summed E-state index contributed by atoms with van der Waals surface area (Å²) < 4.78 is 5.10. The average Bonchev–Trinajstić information content (AvgIpc) is 2.48. The molecule has 0 amide bonds. The topological polar surface area (TPSA) is 36.3 Å². The quantitative estimate of drug-likeness (QED) is 0.734. The first kappa shape index (κ1) is 11.5. The van der Waals surface area contributed by atoms with Gasteiger partial charge in [-0.2, -0.15) is 0 Å². The van der Waals surface area contributed by atoms with Crippen molar-refractivity contribution in [2.75, 3.05) is 26.8 Å². The molecular formula is C11H22N2O. The van der Waals surface area contributed by atoms with Gasteiger partial charge in [-0.25, -0.2) is 0 Å². The van der Waals surface area contributed by atoms with Gasteiger partial charge in [0, 0.05) is 33.2 Å². The third-order valence-corrected chi connectivity index (χ3v) is 2.83. The van der Waals surface area contributed by atoms with Crippen LogP contribution in [0.1, 0.15) is 33.1 Å². The van der Waals surface area contributed by atoms with Crippen molar-refractivity contribution in [2.45, 2.75) is 33.1 Å². The fourth-order valence-electron chi connectivity index (χ4n) is 1.88. The van der Waals surface area contributed by atoms with Gasteiger partial charge < -0.3 is 9.64 Å². The molecule has 0 saturated carbocycles. The highest BCUT2D eigenvalue weighted by molar-refractivity contribution is 5.80. The van der Waals surface area contributed by atoms with Crippen molar-refractivity contribution in [3.05, 3.63) is 0 Å². The Kier molecular flexibility index (Phi) is 3.93. The summed E-state index contributed by atoms with van der Waals surface area (Å²) in [7, 11) is 1.74. The molecular weight excluding hydrogens is 176 g/mol. The summed E-state index contributed by atoms with van der Waals surface area (Å²) in [5.74, 6) is 0.815. The maximum absolute atomic E-state index is 7.76. The molecule has 0 aromatic rings. The van der Waals surface area contributed by atoms with E-state index in [1.807, 2.05) is 0 Å². The summed E-state index contributed by atoms with van der Waals surface area (Å²) in [6, 6.07) is 0. The van der Waals surface area contributed by atoms with Gasteiger partial charge in [0.05, 0.1) is 5.84 Å². The van der Waals surface area contributed by atoms with Gasteiger partial charge in [-0.1, -0.05) is 13.8 Å². The number of likely N-dealkylation sites (tertiary alicyclic amines) is 1. The second-order valence-corrected chi connectivity index (χ2v) is 4.88. The van der Waals surface area contributed by atoms with Crippen LogP contribution in [0.2, 0.25) is 0 Å². The van der Waals surface area contributed by atoms with Crippen LogP contribution in [0.15, 0.2) is 0 Å². The third kappa shape index (κ3) is 3.29. The smallest absolute Gasteiger partial charge is 0.0958 e. The summed E-state index contributed by atoms with van der Waals surface area (Å²) in [6.45, 7) is 7.37. The Morgan fingerprint density at radius 3 is 2.71 bits per heavy atom. The summed E-state index contributed by atoms with van der Waals surface area (Å²) >= 11 is 0. The molecule has 0 atom stereocenters. The van der Waals surface area contributed by atoms with E-state index in [2.05, 4.69) is 18.7 Å². The Bertz CT molecular complexity index is 201. The maximum atomic E-state index is 7.76. The van der Waals surface area contributed by atoms with Crippen LogP contribution in [0, 0.1) is 10.8 Å². The molecule has 1 aliphatic rings. The summed E-state index contributed by atoms with van der Waals surface area (Å²) in [4.78, 5) is 2.20. The Balaban J connectivity index is 2.37. The number of ether oxygens (including phenoxy) is 1. The largest absolute Gasteiger partial charge is 0.385 e. The van der Waals surface area contributed by atoms with Gasteiger partial charge >= 0.3 is 0 Å². The minimum atomic E-state index is 0.257. The molecule has 0 radical (unpaired) electrons. The van der Waals surface area contributed by atoms with Gasteiger partial charge in [-0.15, -0.1) is 0 Å². The van der Waals surface area contributed by atoms with Crippen molar-refractivity contribution in [3.63, 3.8) is 0 Å². The van der Waals surface area contributed by atoms with Gasteiger partial charge in [0.15, 0.2) is 0 Å². The van der Waals surface area contributed by atoms with Crippen LogP contribution in [-0.4, -0.2) is 37.5 Å². The first-order chi connectivity index (χ1) is 6.55. The van der Waals surface area contributed by atoms with E-state index < -0.39 is 0 Å². The van der Waals surface area contributed by atoms with E-state index in [4.69, 9.17) is 10.1 Å². The molecule has 3 nitrogen and oxygen atoms in total. The van der Waals surface area contributed by atoms with Crippen LogP contribution in [0.4, 0.5) is 0 Å². The molecule has 1 N–H and O–H groups in total. The fraction of sp³-hybridized carbons (Fsp3) is 0.909. The van der Waals surface area contributed by atoms with Crippen LogP contribution in [0.25, 0.3) is 0 Å². The molecule has 14 heavy (non-hydrogen) atoms. The van der Waals surface area contributed by atoms with Crippen molar-refractivity contribution in [3.8, 4) is 0 Å². The molecule has 0 bridgehead atoms. The lowest BCUT2D eigenvalue weighted by Crippen LogP contribution is -2.35. The van der Waals surface area contributed by atoms with Gasteiger partial charge in [0.25, 0.3) is 0 Å². The fourth-order valence-corrected chi connectivity index (χ4v) is 1.88. The van der Waals surface area contributed by atoms with E-state index in [1.54, 1.807) is 7.11 Å². The van der Waals surface area contributed by atoms with E-state index in [1.165, 1.54) is 0 Å². The number of hydrogen-bond acceptors (Lipinski definition) is 2. The van der Waals surface area contributed by atoms with Gasteiger partial charge in [-0.3, -0.25) is 5.41 Å². The summed E-state index contributed by atoms with van der Waals surface area (Å²) in [6.07, 6.45) is 3.17. The lowest BCUT2D eigenvalue weighted by Gasteiger charge is -2.31. The number of nitrogens with zero attached hydrogens (tertiary/aromatic N) is 1. The number of rotatable bonds is 5. The summed E-state index contributed by atoms with van der Waals surface area (Å²) in [5.41, 5.74) is 0.257. The molecule has 0 aromatic heterocycles. The van der Waals surface area contributed by atoms with Crippen molar-refractivity contribution in [1.29, 1.82) is 5.41 Å². The van der Waals surface area contributed by atoms with Gasteiger partial charge in [0.1, 0.15) is 0 Å². The van der Waals surface area contributed by atoms with Crippen LogP contribution < -0.4 is 0 Å². The lowest BCUT2D eigenvalue weighted by atomic mass is 9.89. The number of hydrogen-bond donors (Lipinski definition) is 1. The van der Waals surface area contributed by atoms with Crippen molar-refractivity contribution in [1.82, 2.24) is 4.90 Å². The van der Waals surface area contributed by atoms with E-state index in [0.29, 0.717) is 0 Å². The Morgan fingerprint density at radius 1 is 1.50 bits per heavy atom. The molecule has 0 aliphatic carbocycles. The van der Waals surface area contributed by atoms with Gasteiger partial charge in [0.2, 0.25) is 0 Å². The molecule has 1 aliphatic heterocycles. The summed E-state index contributed by atoms with van der Waals surface area (Å²) in [5, 5.41) is 7.76. The monoisotopic (exact) mass is 198 g/mol. The van der Waals surface area contributed by atoms with Crippen LogP contribution in [-0.2, 0) is 4.74 Å². The van der Waals surface area contributed by atoms with Crippen molar-refractivity contribution >= 4 is 5.84 Å². The van der Waals surface area contributed by atoms with Crippen LogP contribution in [0.5, 0.6) is 0 Å². The Hall–Kier alpha value is -0.570. The molecule has 82 valence electrons. The number of nitrogens with one attached hydrogen (secondary N) is 1. The van der Waals surface area contributed by atoms with Crippen LogP contribution >= 0.6 is 0 Å². The molecule has 0 aromatic carbocycles. The van der Waals surface area contributed by atoms with Crippen molar-refractivity contribution in [2.24, 2.45) is 5.41 Å². The standard InChI is InChI=1S/C11H22N2O/c1-11(2,6-8-14-3)9-13-7-4-5-10(13)12/h12H,4-9H2,1-3H3. The zero-order valence-electron chi connectivity index (χ0n) is 9.60. The highest BCUT2D eigenvalue weighted by Gasteiger charge is 2.25. The Morgan fingerprint density at radius 2 is 2.21 bits per heavy atom. The molecule has 1 saturated heterocycles. The normalized spacial score (nSPS) is 17.9. The lowest BCUT2D eigenvalue weighted by molar-refractivity contribution is 0.138. The zero-order valence-corrected chi connectivity index (χ0v) is 9.60. The first-order valence-electron chi connectivity index (χ1n) is 5.36. The minimum Gasteiger partial charge on any atom is -0.385 e. The molecule has 0 unspecified atom stereocenters. The zero-order chi connectivity index (χ0) is 10.6. The highest BCUT2D eigenvalue weighted by atomic mass is 16.5. The molecule has 1 fully saturated rings. The van der Waals surface area contributed by atoms with E-state index in [0.717, 1.165) is 44.8 Å². The maximum Gasteiger partial charge on any atom is 0.0958 e. The Labute approximate surface area is 86.9 Å². The van der Waals surface area contributed by atoms with Gasteiger partial charge in [-0.05, 0) is 18.3 Å². The number of methoxy groups -OCH3 is 1. The second-order valence-electron chi connectivity index (χ2n) is 4.88. The average molecular weight is 198 g/mol. The number of amidine groups is 1. The predicted octanol–water partition coefficient (Wildman–Crippen LogP) is 2.12.